The van der Waals surface area contributed by atoms with E-state index in [0.717, 1.165) is 11.3 Å². The topological polar surface area (TPSA) is 3.24 Å². The van der Waals surface area contributed by atoms with Crippen LogP contribution in [0.5, 0.6) is 0 Å². The van der Waals surface area contributed by atoms with Gasteiger partial charge in [0.2, 0.25) is 0 Å². The maximum absolute atomic E-state index is 2.65. The van der Waals surface area contributed by atoms with Crippen molar-refractivity contribution in [2.45, 2.75) is 37.5 Å². The summed E-state index contributed by atoms with van der Waals surface area (Å²) in [6.07, 6.45) is 4.35. The minimum Gasteiger partial charge on any atom is -0.290 e. The molecule has 10 heavy (non-hydrogen) atoms. The van der Waals surface area contributed by atoms with E-state index in [2.05, 4.69) is 23.6 Å². The number of fused-ring (bicyclic) bond motifs is 1. The van der Waals surface area contributed by atoms with Gasteiger partial charge in [-0.15, -0.1) is 11.8 Å². The lowest BCUT2D eigenvalue weighted by Gasteiger charge is -2.30. The third-order valence-electron chi connectivity index (χ3n) is 2.71. The van der Waals surface area contributed by atoms with Crippen LogP contribution in [0.25, 0.3) is 0 Å². The second-order valence-corrected chi connectivity index (χ2v) is 4.71. The van der Waals surface area contributed by atoms with Gasteiger partial charge >= 0.3 is 0 Å². The van der Waals surface area contributed by atoms with E-state index >= 15 is 0 Å². The van der Waals surface area contributed by atoms with Gasteiger partial charge in [0.15, 0.2) is 0 Å². The van der Waals surface area contributed by atoms with Crippen LogP contribution in [0.15, 0.2) is 0 Å². The zero-order valence-corrected chi connectivity index (χ0v) is 7.36. The molecule has 0 spiro atoms. The molecule has 2 heteroatoms. The number of nitrogens with zero attached hydrogens (tertiary/aromatic N) is 1. The number of thioether (sulfide) groups is 1. The molecule has 58 valence electrons. The molecule has 2 aliphatic heterocycles. The van der Waals surface area contributed by atoms with Gasteiger partial charge in [-0.25, -0.2) is 0 Å². The molecule has 0 aromatic carbocycles. The third-order valence-corrected chi connectivity index (χ3v) is 4.03. The molecule has 0 amide bonds. The van der Waals surface area contributed by atoms with Crippen molar-refractivity contribution in [3.05, 3.63) is 0 Å². The maximum Gasteiger partial charge on any atom is 0.0450 e. The Balaban J connectivity index is 2.01. The van der Waals surface area contributed by atoms with Crippen molar-refractivity contribution < 1.29 is 0 Å². The molecule has 2 aliphatic rings. The van der Waals surface area contributed by atoms with Crippen LogP contribution in [0.1, 0.15) is 26.2 Å². The first-order valence-electron chi connectivity index (χ1n) is 4.23. The van der Waals surface area contributed by atoms with Crippen LogP contribution >= 0.6 is 11.8 Å². The average molecular weight is 157 g/mol. The minimum absolute atomic E-state index is 0.903. The van der Waals surface area contributed by atoms with Crippen LogP contribution in [0, 0.1) is 0 Å². The highest BCUT2D eigenvalue weighted by atomic mass is 32.2. The number of hydrogen-bond donors (Lipinski definition) is 0. The van der Waals surface area contributed by atoms with Crippen molar-refractivity contribution in [1.29, 1.82) is 0 Å². The Labute approximate surface area is 67.2 Å². The predicted molar refractivity (Wildman–Crippen MR) is 46.3 cm³/mol. The predicted octanol–water partition coefficient (Wildman–Crippen LogP) is 1.93. The monoisotopic (exact) mass is 157 g/mol. The molecule has 0 saturated carbocycles. The van der Waals surface area contributed by atoms with E-state index in [1.54, 1.807) is 0 Å². The summed E-state index contributed by atoms with van der Waals surface area (Å²) in [5.74, 6) is 1.30. The van der Waals surface area contributed by atoms with Gasteiger partial charge in [-0.1, -0.05) is 13.3 Å². The highest BCUT2D eigenvalue weighted by molar-refractivity contribution is 8.00. The van der Waals surface area contributed by atoms with Crippen LogP contribution in [0.3, 0.4) is 0 Å². The van der Waals surface area contributed by atoms with Crippen LogP contribution in [-0.4, -0.2) is 28.6 Å². The van der Waals surface area contributed by atoms with Crippen molar-refractivity contribution in [3.8, 4) is 0 Å². The van der Waals surface area contributed by atoms with Gasteiger partial charge in [0, 0.05) is 17.2 Å². The fourth-order valence-corrected chi connectivity index (χ4v) is 3.31. The molecule has 0 bridgehead atoms. The van der Waals surface area contributed by atoms with E-state index < -0.39 is 0 Å². The van der Waals surface area contributed by atoms with Gasteiger partial charge in [0.05, 0.1) is 0 Å². The zero-order chi connectivity index (χ0) is 6.97. The molecule has 0 aromatic heterocycles. The van der Waals surface area contributed by atoms with Crippen molar-refractivity contribution in [3.63, 3.8) is 0 Å². The fraction of sp³-hybridized carbons (Fsp3) is 1.00. The lowest BCUT2D eigenvalue weighted by Crippen LogP contribution is -2.37. The minimum atomic E-state index is 0.903. The highest BCUT2D eigenvalue weighted by Crippen LogP contribution is 2.34. The number of rotatable bonds is 0. The first-order chi connectivity index (χ1) is 4.88. The van der Waals surface area contributed by atoms with E-state index in [4.69, 9.17) is 0 Å². The summed E-state index contributed by atoms with van der Waals surface area (Å²) in [4.78, 5) is 2.65. The molecule has 1 nitrogen and oxygen atoms in total. The van der Waals surface area contributed by atoms with Gasteiger partial charge < -0.3 is 0 Å². The van der Waals surface area contributed by atoms with E-state index in [0.29, 0.717) is 0 Å². The largest absolute Gasteiger partial charge is 0.290 e. The SMILES string of the molecule is C[C@@H]1SCN2CCCC[C@H]12. The molecule has 2 heterocycles. The molecular formula is C8H15NS. The summed E-state index contributed by atoms with van der Waals surface area (Å²) < 4.78 is 0. The summed E-state index contributed by atoms with van der Waals surface area (Å²) in [5, 5.41) is 0.903. The molecule has 2 saturated heterocycles. The lowest BCUT2D eigenvalue weighted by molar-refractivity contribution is 0.192. The molecule has 0 aliphatic carbocycles. The summed E-state index contributed by atoms with van der Waals surface area (Å²) in [7, 11) is 0. The fourth-order valence-electron chi connectivity index (χ4n) is 2.03. The Kier molecular flexibility index (Phi) is 1.92. The van der Waals surface area contributed by atoms with E-state index in [-0.39, 0.29) is 0 Å². The van der Waals surface area contributed by atoms with Gasteiger partial charge in [-0.05, 0) is 19.4 Å². The molecule has 2 rings (SSSR count). The second-order valence-electron chi connectivity index (χ2n) is 3.38. The molecule has 0 unspecified atom stereocenters. The van der Waals surface area contributed by atoms with Crippen molar-refractivity contribution in [2.24, 2.45) is 0 Å². The molecule has 0 aromatic rings. The Bertz CT molecular complexity index is 124. The molecular weight excluding hydrogens is 142 g/mol. The summed E-state index contributed by atoms with van der Waals surface area (Å²) in [5.41, 5.74) is 0. The van der Waals surface area contributed by atoms with E-state index in [1.165, 1.54) is 31.7 Å². The van der Waals surface area contributed by atoms with Gasteiger partial charge in [0.25, 0.3) is 0 Å². The summed E-state index contributed by atoms with van der Waals surface area (Å²) in [6.45, 7) is 3.74. The lowest BCUT2D eigenvalue weighted by atomic mass is 10.0. The van der Waals surface area contributed by atoms with Crippen molar-refractivity contribution in [1.82, 2.24) is 4.90 Å². The zero-order valence-electron chi connectivity index (χ0n) is 6.55. The van der Waals surface area contributed by atoms with Crippen molar-refractivity contribution in [2.75, 3.05) is 12.4 Å². The van der Waals surface area contributed by atoms with E-state index in [1.807, 2.05) is 0 Å². The molecule has 0 N–H and O–H groups in total. The van der Waals surface area contributed by atoms with Crippen molar-refractivity contribution >= 4 is 11.8 Å². The average Bonchev–Trinajstić information content (AvgIpc) is 2.34. The Morgan fingerprint density at radius 3 is 3.10 bits per heavy atom. The van der Waals surface area contributed by atoms with Gasteiger partial charge in [-0.2, -0.15) is 0 Å². The standard InChI is InChI=1S/C8H15NS/c1-7-8-4-2-3-5-9(8)6-10-7/h7-8H,2-6H2,1H3/t7-,8+/m0/s1. The molecule has 0 radical (unpaired) electrons. The smallest absolute Gasteiger partial charge is 0.0450 e. The maximum atomic E-state index is 2.65. The Morgan fingerprint density at radius 1 is 1.40 bits per heavy atom. The second kappa shape index (κ2) is 2.74. The summed E-state index contributed by atoms with van der Waals surface area (Å²) in [6, 6.07) is 0.929. The van der Waals surface area contributed by atoms with Gasteiger partial charge in [0.1, 0.15) is 0 Å². The Morgan fingerprint density at radius 2 is 2.30 bits per heavy atom. The Hall–Kier alpha value is 0.310. The van der Waals surface area contributed by atoms with Crippen LogP contribution in [0.2, 0.25) is 0 Å². The third kappa shape index (κ3) is 1.08. The first kappa shape index (κ1) is 6.99. The molecule has 2 atom stereocenters. The summed E-state index contributed by atoms with van der Waals surface area (Å²) >= 11 is 2.13. The molecule has 2 fully saturated rings. The van der Waals surface area contributed by atoms with Crippen LogP contribution in [-0.2, 0) is 0 Å². The van der Waals surface area contributed by atoms with Crippen LogP contribution in [0.4, 0.5) is 0 Å². The number of piperidine rings is 1. The first-order valence-corrected chi connectivity index (χ1v) is 5.28. The quantitative estimate of drug-likeness (QED) is 0.528. The van der Waals surface area contributed by atoms with Crippen LogP contribution < -0.4 is 0 Å². The number of hydrogen-bond acceptors (Lipinski definition) is 2. The van der Waals surface area contributed by atoms with Gasteiger partial charge in [-0.3, -0.25) is 4.90 Å². The highest BCUT2D eigenvalue weighted by Gasteiger charge is 2.32. The van der Waals surface area contributed by atoms with E-state index in [9.17, 15) is 0 Å². The normalized spacial score (nSPS) is 41.7.